The Morgan fingerprint density at radius 2 is 1.42 bits per heavy atom. The van der Waals surface area contributed by atoms with Crippen LogP contribution in [-0.2, 0) is 18.9 Å². The van der Waals surface area contributed by atoms with Crippen molar-refractivity contribution in [1.29, 1.82) is 0 Å². The molecule has 108 valence electrons. The van der Waals surface area contributed by atoms with Crippen LogP contribution in [0.2, 0.25) is 0 Å². The second kappa shape index (κ2) is 5.12. The highest BCUT2D eigenvalue weighted by atomic mass is 35.7. The lowest BCUT2D eigenvalue weighted by Crippen LogP contribution is -2.26. The standard InChI is InChI=1S/C8H5Cl2F3O4S2/c9-7(18(14,15)8(11,12)13)5-1-3-6(4-2-5)19(10,16)17/h1-4,7H. The van der Waals surface area contributed by atoms with Crippen LogP contribution in [0.1, 0.15) is 10.3 Å². The fraction of sp³-hybridized carbons (Fsp3) is 0.250. The van der Waals surface area contributed by atoms with E-state index in [4.69, 9.17) is 22.3 Å². The van der Waals surface area contributed by atoms with Gasteiger partial charge in [0.15, 0.2) is 4.71 Å². The summed E-state index contributed by atoms with van der Waals surface area (Å²) in [6.45, 7) is 0. The molecule has 1 aromatic carbocycles. The third kappa shape index (κ3) is 3.53. The average molecular weight is 357 g/mol. The van der Waals surface area contributed by atoms with E-state index in [1.165, 1.54) is 0 Å². The summed E-state index contributed by atoms with van der Waals surface area (Å²) >= 11 is 5.26. The number of sulfone groups is 1. The van der Waals surface area contributed by atoms with Crippen molar-refractivity contribution in [3.05, 3.63) is 29.8 Å². The van der Waals surface area contributed by atoms with Gasteiger partial charge in [-0.25, -0.2) is 16.8 Å². The van der Waals surface area contributed by atoms with Crippen molar-refractivity contribution < 1.29 is 30.0 Å². The van der Waals surface area contributed by atoms with Crippen LogP contribution in [0.25, 0.3) is 0 Å². The first-order chi connectivity index (χ1) is 8.37. The molecule has 0 bridgehead atoms. The van der Waals surface area contributed by atoms with Crippen LogP contribution in [-0.4, -0.2) is 22.3 Å². The number of benzene rings is 1. The van der Waals surface area contributed by atoms with Gasteiger partial charge >= 0.3 is 5.51 Å². The summed E-state index contributed by atoms with van der Waals surface area (Å²) in [4.78, 5) is -0.383. The Kier molecular flexibility index (Phi) is 4.45. The Morgan fingerprint density at radius 1 is 1.00 bits per heavy atom. The molecule has 0 aliphatic heterocycles. The Labute approximate surface area is 116 Å². The first-order valence-electron chi connectivity index (χ1n) is 4.36. The summed E-state index contributed by atoms with van der Waals surface area (Å²) in [5, 5.41) is 0. The van der Waals surface area contributed by atoms with Gasteiger partial charge in [0.25, 0.3) is 18.9 Å². The third-order valence-corrected chi connectivity index (χ3v) is 5.81. The smallest absolute Gasteiger partial charge is 0.218 e. The highest BCUT2D eigenvalue weighted by molar-refractivity contribution is 8.13. The molecule has 0 heterocycles. The maximum atomic E-state index is 12.2. The van der Waals surface area contributed by atoms with E-state index in [0.717, 1.165) is 24.3 Å². The zero-order chi connectivity index (χ0) is 15.1. The van der Waals surface area contributed by atoms with Crippen molar-refractivity contribution >= 4 is 41.2 Å². The van der Waals surface area contributed by atoms with Crippen LogP contribution in [0, 0.1) is 0 Å². The van der Waals surface area contributed by atoms with Gasteiger partial charge in [-0.2, -0.15) is 13.2 Å². The highest BCUT2D eigenvalue weighted by Crippen LogP contribution is 2.38. The van der Waals surface area contributed by atoms with Crippen LogP contribution >= 0.6 is 22.3 Å². The lowest BCUT2D eigenvalue weighted by Gasteiger charge is -2.13. The van der Waals surface area contributed by atoms with Gasteiger partial charge < -0.3 is 0 Å². The van der Waals surface area contributed by atoms with Gasteiger partial charge in [-0.15, -0.1) is 0 Å². The molecule has 1 aromatic rings. The lowest BCUT2D eigenvalue weighted by molar-refractivity contribution is -0.0439. The van der Waals surface area contributed by atoms with E-state index < -0.39 is 34.7 Å². The number of rotatable bonds is 3. The predicted molar refractivity (Wildman–Crippen MR) is 63.0 cm³/mol. The van der Waals surface area contributed by atoms with Crippen molar-refractivity contribution in [3.8, 4) is 0 Å². The normalized spacial score (nSPS) is 15.2. The van der Waals surface area contributed by atoms with Crippen molar-refractivity contribution in [3.63, 3.8) is 0 Å². The van der Waals surface area contributed by atoms with Crippen LogP contribution in [0.15, 0.2) is 29.2 Å². The summed E-state index contributed by atoms with van der Waals surface area (Å²) in [5.41, 5.74) is -5.92. The predicted octanol–water partition coefficient (Wildman–Crippen LogP) is 2.79. The SMILES string of the molecule is O=S(=O)(Cl)c1ccc(C(Cl)S(=O)(=O)C(F)(F)F)cc1. The Morgan fingerprint density at radius 3 is 1.74 bits per heavy atom. The molecule has 1 rings (SSSR count). The van der Waals surface area contributed by atoms with Gasteiger partial charge in [-0.3, -0.25) is 0 Å². The fourth-order valence-corrected chi connectivity index (χ4v) is 3.05. The van der Waals surface area contributed by atoms with E-state index in [1.807, 2.05) is 0 Å². The highest BCUT2D eigenvalue weighted by Gasteiger charge is 2.50. The minimum Gasteiger partial charge on any atom is -0.218 e. The number of hydrogen-bond donors (Lipinski definition) is 0. The van der Waals surface area contributed by atoms with Crippen LogP contribution in [0.3, 0.4) is 0 Å². The monoisotopic (exact) mass is 356 g/mol. The molecule has 19 heavy (non-hydrogen) atoms. The van der Waals surface area contributed by atoms with Crippen molar-refractivity contribution in [2.45, 2.75) is 15.1 Å². The molecule has 0 aliphatic carbocycles. The number of halogens is 5. The molecule has 0 N–H and O–H groups in total. The molecule has 0 spiro atoms. The minimum absolute atomic E-state index is 0.383. The second-order valence-electron chi connectivity index (χ2n) is 3.31. The molecule has 4 nitrogen and oxygen atoms in total. The molecule has 0 saturated heterocycles. The van der Waals surface area contributed by atoms with Gasteiger partial charge in [0.2, 0.25) is 0 Å². The fourth-order valence-electron chi connectivity index (χ4n) is 1.08. The third-order valence-electron chi connectivity index (χ3n) is 2.02. The van der Waals surface area contributed by atoms with Gasteiger partial charge in [0.1, 0.15) is 0 Å². The lowest BCUT2D eigenvalue weighted by atomic mass is 10.2. The maximum absolute atomic E-state index is 12.2. The summed E-state index contributed by atoms with van der Waals surface area (Å²) in [7, 11) is -4.65. The van der Waals surface area contributed by atoms with Gasteiger partial charge in [0.05, 0.1) is 4.90 Å². The van der Waals surface area contributed by atoms with Gasteiger partial charge in [-0.1, -0.05) is 23.7 Å². The van der Waals surface area contributed by atoms with E-state index in [0.29, 0.717) is 0 Å². The molecule has 1 atom stereocenters. The van der Waals surface area contributed by atoms with E-state index >= 15 is 0 Å². The first kappa shape index (κ1) is 16.5. The van der Waals surface area contributed by atoms with E-state index in [1.54, 1.807) is 0 Å². The summed E-state index contributed by atoms with van der Waals surface area (Å²) in [6, 6.07) is 3.41. The number of alkyl halides is 4. The molecule has 0 amide bonds. The number of hydrogen-bond acceptors (Lipinski definition) is 4. The molecule has 0 radical (unpaired) electrons. The van der Waals surface area contributed by atoms with Gasteiger partial charge in [-0.05, 0) is 17.7 Å². The first-order valence-corrected chi connectivity index (χ1v) is 8.65. The average Bonchev–Trinajstić information content (AvgIpc) is 2.25. The van der Waals surface area contributed by atoms with E-state index in [9.17, 15) is 30.0 Å². The quantitative estimate of drug-likeness (QED) is 0.616. The van der Waals surface area contributed by atoms with Crippen LogP contribution < -0.4 is 0 Å². The van der Waals surface area contributed by atoms with E-state index in [-0.39, 0.29) is 4.90 Å². The largest absolute Gasteiger partial charge is 0.499 e. The molecule has 11 heteroatoms. The molecule has 0 aliphatic rings. The molecular formula is C8H5Cl2F3O4S2. The molecule has 0 saturated carbocycles. The van der Waals surface area contributed by atoms with Crippen molar-refractivity contribution in [2.24, 2.45) is 0 Å². The van der Waals surface area contributed by atoms with E-state index in [2.05, 4.69) is 0 Å². The van der Waals surface area contributed by atoms with Gasteiger partial charge in [0, 0.05) is 10.7 Å². The molecule has 0 fully saturated rings. The molecule has 1 unspecified atom stereocenters. The Hall–Kier alpha value is -0.510. The Balaban J connectivity index is 3.20. The van der Waals surface area contributed by atoms with Crippen molar-refractivity contribution in [2.75, 3.05) is 0 Å². The summed E-state index contributed by atoms with van der Waals surface area (Å²) in [6.07, 6.45) is 0. The Bertz CT molecular complexity index is 665. The summed E-state index contributed by atoms with van der Waals surface area (Å²) < 4.78 is 78.3. The zero-order valence-electron chi connectivity index (χ0n) is 8.73. The second-order valence-corrected chi connectivity index (χ2v) is 8.60. The minimum atomic E-state index is -5.59. The van der Waals surface area contributed by atoms with Crippen LogP contribution in [0.5, 0.6) is 0 Å². The van der Waals surface area contributed by atoms with Crippen LogP contribution in [0.4, 0.5) is 13.2 Å². The summed E-state index contributed by atoms with van der Waals surface area (Å²) in [5.74, 6) is 0. The topological polar surface area (TPSA) is 68.3 Å². The maximum Gasteiger partial charge on any atom is 0.499 e. The molecule has 0 aromatic heterocycles. The molecular weight excluding hydrogens is 352 g/mol. The zero-order valence-corrected chi connectivity index (χ0v) is 11.9. The van der Waals surface area contributed by atoms with Crippen molar-refractivity contribution in [1.82, 2.24) is 0 Å².